The Kier molecular flexibility index (Phi) is 3.99. The molecule has 1 aromatic rings. The topological polar surface area (TPSA) is 12.0 Å². The minimum absolute atomic E-state index is 0.0474. The van der Waals surface area contributed by atoms with E-state index in [9.17, 15) is 0 Å². The molecule has 1 N–H and O–H groups in total. The van der Waals surface area contributed by atoms with Gasteiger partial charge in [-0.15, -0.1) is 19.2 Å². The molecule has 13 heavy (non-hydrogen) atoms. The van der Waals surface area contributed by atoms with E-state index in [1.165, 1.54) is 0 Å². The lowest BCUT2D eigenvalue weighted by atomic mass is 10.1. The molecule has 1 nitrogen and oxygen atoms in total. The zero-order chi connectivity index (χ0) is 9.68. The summed E-state index contributed by atoms with van der Waals surface area (Å²) in [6, 6.07) is 10.0. The largest absolute Gasteiger partial charge is 0.361 e. The fourth-order valence-electron chi connectivity index (χ4n) is 1.07. The Morgan fingerprint density at radius 1 is 1.46 bits per heavy atom. The second-order valence-electron chi connectivity index (χ2n) is 2.57. The minimum atomic E-state index is 0.0474. The number of thiocarbonyl (C=S) groups is 1. The van der Waals surface area contributed by atoms with Gasteiger partial charge in [-0.2, -0.15) is 0 Å². The first-order chi connectivity index (χ1) is 6.24. The molecule has 0 aliphatic carbocycles. The SMILES string of the molecule is C=CC(NC(=S)S)c1ccccc1. The maximum absolute atomic E-state index is 4.84. The van der Waals surface area contributed by atoms with Gasteiger partial charge in [0.25, 0.3) is 0 Å². The number of hydrogen-bond acceptors (Lipinski definition) is 1. The Morgan fingerprint density at radius 3 is 2.54 bits per heavy atom. The van der Waals surface area contributed by atoms with Crippen molar-refractivity contribution in [2.45, 2.75) is 6.04 Å². The van der Waals surface area contributed by atoms with Crippen LogP contribution in [0, 0.1) is 0 Å². The van der Waals surface area contributed by atoms with E-state index < -0.39 is 0 Å². The summed E-state index contributed by atoms with van der Waals surface area (Å²) in [5, 5.41) is 3.02. The Labute approximate surface area is 89.3 Å². The van der Waals surface area contributed by atoms with Crippen molar-refractivity contribution in [1.29, 1.82) is 0 Å². The Hall–Kier alpha value is -0.800. The fourth-order valence-corrected chi connectivity index (χ4v) is 1.34. The maximum atomic E-state index is 4.84. The first-order valence-electron chi connectivity index (χ1n) is 3.91. The molecule has 0 saturated heterocycles. The van der Waals surface area contributed by atoms with Crippen molar-refractivity contribution in [3.8, 4) is 0 Å². The van der Waals surface area contributed by atoms with Gasteiger partial charge in [0.15, 0.2) is 0 Å². The van der Waals surface area contributed by atoms with E-state index >= 15 is 0 Å². The van der Waals surface area contributed by atoms with E-state index in [1.807, 2.05) is 30.3 Å². The zero-order valence-corrected chi connectivity index (χ0v) is 8.81. The third kappa shape index (κ3) is 3.20. The highest BCUT2D eigenvalue weighted by Gasteiger charge is 2.05. The monoisotopic (exact) mass is 209 g/mol. The summed E-state index contributed by atoms with van der Waals surface area (Å²) in [5.74, 6) is 0. The van der Waals surface area contributed by atoms with Gasteiger partial charge in [0.1, 0.15) is 4.32 Å². The molecule has 0 radical (unpaired) electrons. The van der Waals surface area contributed by atoms with Crippen molar-refractivity contribution in [3.63, 3.8) is 0 Å². The van der Waals surface area contributed by atoms with Gasteiger partial charge in [-0.3, -0.25) is 0 Å². The molecule has 0 heterocycles. The third-order valence-corrected chi connectivity index (χ3v) is 1.92. The Morgan fingerprint density at radius 2 is 2.08 bits per heavy atom. The quantitative estimate of drug-likeness (QED) is 0.451. The molecule has 0 aliphatic heterocycles. The van der Waals surface area contributed by atoms with Gasteiger partial charge in [-0.25, -0.2) is 0 Å². The van der Waals surface area contributed by atoms with Crippen LogP contribution >= 0.6 is 24.8 Å². The minimum Gasteiger partial charge on any atom is -0.361 e. The zero-order valence-electron chi connectivity index (χ0n) is 7.10. The van der Waals surface area contributed by atoms with Crippen LogP contribution in [0.3, 0.4) is 0 Å². The summed E-state index contributed by atoms with van der Waals surface area (Å²) in [4.78, 5) is 0. The molecular weight excluding hydrogens is 198 g/mol. The molecule has 0 bridgehead atoms. The standard InChI is InChI=1S/C10H11NS2/c1-2-9(11-10(12)13)8-6-4-3-5-7-8/h2-7,9H,1H2,(H2,11,12,13). The van der Waals surface area contributed by atoms with E-state index in [1.54, 1.807) is 6.08 Å². The van der Waals surface area contributed by atoms with Crippen molar-refractivity contribution in [3.05, 3.63) is 48.6 Å². The van der Waals surface area contributed by atoms with Crippen molar-refractivity contribution in [1.82, 2.24) is 5.32 Å². The summed E-state index contributed by atoms with van der Waals surface area (Å²) in [6.07, 6.45) is 1.80. The average molecular weight is 209 g/mol. The molecule has 1 atom stereocenters. The number of nitrogens with one attached hydrogen (secondary N) is 1. The van der Waals surface area contributed by atoms with Gasteiger partial charge in [0.2, 0.25) is 0 Å². The molecule has 1 unspecified atom stereocenters. The van der Waals surface area contributed by atoms with Crippen LogP contribution in [0.5, 0.6) is 0 Å². The molecule has 0 saturated carbocycles. The lowest BCUT2D eigenvalue weighted by Crippen LogP contribution is -2.21. The highest BCUT2D eigenvalue weighted by atomic mass is 32.1. The van der Waals surface area contributed by atoms with Crippen LogP contribution in [0.15, 0.2) is 43.0 Å². The second-order valence-corrected chi connectivity index (χ2v) is 3.73. The van der Waals surface area contributed by atoms with Crippen LogP contribution in [0.1, 0.15) is 11.6 Å². The van der Waals surface area contributed by atoms with E-state index in [4.69, 9.17) is 12.2 Å². The molecule has 1 aromatic carbocycles. The molecular formula is C10H11NS2. The summed E-state index contributed by atoms with van der Waals surface area (Å²) in [6.45, 7) is 3.73. The van der Waals surface area contributed by atoms with E-state index in [2.05, 4.69) is 24.5 Å². The predicted molar refractivity (Wildman–Crippen MR) is 64.1 cm³/mol. The van der Waals surface area contributed by atoms with E-state index in [0.717, 1.165) is 5.56 Å². The first-order valence-corrected chi connectivity index (χ1v) is 4.76. The normalized spacial score (nSPS) is 11.8. The van der Waals surface area contributed by atoms with Crippen LogP contribution in [0.4, 0.5) is 0 Å². The predicted octanol–water partition coefficient (Wildman–Crippen LogP) is 2.72. The second kappa shape index (κ2) is 5.04. The molecule has 1 rings (SSSR count). The number of thiol groups is 1. The third-order valence-electron chi connectivity index (χ3n) is 1.67. The molecule has 68 valence electrons. The van der Waals surface area contributed by atoms with Gasteiger partial charge in [-0.1, -0.05) is 48.6 Å². The van der Waals surface area contributed by atoms with Crippen LogP contribution in [-0.2, 0) is 0 Å². The summed E-state index contributed by atoms with van der Waals surface area (Å²) < 4.78 is 0.480. The van der Waals surface area contributed by atoms with Crippen molar-refractivity contribution in [2.75, 3.05) is 0 Å². The molecule has 0 spiro atoms. The average Bonchev–Trinajstić information content (AvgIpc) is 2.15. The molecule has 0 aliphatic rings. The van der Waals surface area contributed by atoms with Gasteiger partial charge in [0.05, 0.1) is 6.04 Å². The highest BCUT2D eigenvalue weighted by Crippen LogP contribution is 2.13. The van der Waals surface area contributed by atoms with Crippen LogP contribution in [0.2, 0.25) is 0 Å². The molecule has 0 amide bonds. The lowest BCUT2D eigenvalue weighted by molar-refractivity contribution is 0.810. The van der Waals surface area contributed by atoms with Gasteiger partial charge in [-0.05, 0) is 5.56 Å². The molecule has 0 aromatic heterocycles. The summed E-state index contributed by atoms with van der Waals surface area (Å²) >= 11 is 8.86. The van der Waals surface area contributed by atoms with Crippen LogP contribution < -0.4 is 5.32 Å². The van der Waals surface area contributed by atoms with Crippen molar-refractivity contribution >= 4 is 29.2 Å². The van der Waals surface area contributed by atoms with E-state index in [0.29, 0.717) is 4.32 Å². The van der Waals surface area contributed by atoms with E-state index in [-0.39, 0.29) is 6.04 Å². The Bertz CT molecular complexity index is 295. The summed E-state index contributed by atoms with van der Waals surface area (Å²) in [5.41, 5.74) is 1.13. The lowest BCUT2D eigenvalue weighted by Gasteiger charge is -2.14. The maximum Gasteiger partial charge on any atom is 0.131 e. The number of benzene rings is 1. The van der Waals surface area contributed by atoms with Crippen molar-refractivity contribution < 1.29 is 0 Å². The van der Waals surface area contributed by atoms with Crippen LogP contribution in [-0.4, -0.2) is 4.32 Å². The molecule has 0 fully saturated rings. The smallest absolute Gasteiger partial charge is 0.131 e. The van der Waals surface area contributed by atoms with Gasteiger partial charge < -0.3 is 5.32 Å². The molecule has 3 heteroatoms. The van der Waals surface area contributed by atoms with Crippen LogP contribution in [0.25, 0.3) is 0 Å². The summed E-state index contributed by atoms with van der Waals surface area (Å²) in [7, 11) is 0. The van der Waals surface area contributed by atoms with Crippen molar-refractivity contribution in [2.24, 2.45) is 0 Å². The van der Waals surface area contributed by atoms with Gasteiger partial charge >= 0.3 is 0 Å². The number of rotatable bonds is 3. The van der Waals surface area contributed by atoms with Gasteiger partial charge in [0, 0.05) is 0 Å². The Balaban J connectivity index is 2.78. The fraction of sp³-hybridized carbons (Fsp3) is 0.100. The number of hydrogen-bond donors (Lipinski definition) is 2. The highest BCUT2D eigenvalue weighted by molar-refractivity contribution is 8.11. The first kappa shape index (κ1) is 10.3.